The van der Waals surface area contributed by atoms with E-state index < -0.39 is 29.0 Å². The van der Waals surface area contributed by atoms with Crippen LogP contribution in [0.1, 0.15) is 5.56 Å². The Morgan fingerprint density at radius 1 is 0.905 bits per heavy atom. The first-order valence-corrected chi connectivity index (χ1v) is 5.54. The van der Waals surface area contributed by atoms with E-state index in [-0.39, 0.29) is 71.1 Å². The first-order chi connectivity index (χ1) is 8.92. The van der Waals surface area contributed by atoms with Crippen LogP contribution in [-0.4, -0.2) is 35.6 Å². The van der Waals surface area contributed by atoms with Gasteiger partial charge in [0.1, 0.15) is 0 Å². The van der Waals surface area contributed by atoms with Gasteiger partial charge in [0.2, 0.25) is 0 Å². The summed E-state index contributed by atoms with van der Waals surface area (Å²) >= 11 is 0. The SMILES string of the molecule is Cc1[c-]cc(N2C(=O)C3(C(=O)N(C)C3=O)C2=O)[c-]c1.[Y].[Y]. The van der Waals surface area contributed by atoms with Crippen molar-refractivity contribution in [3.63, 3.8) is 0 Å². The summed E-state index contributed by atoms with van der Waals surface area (Å²) in [4.78, 5) is 48.9. The van der Waals surface area contributed by atoms with Crippen LogP contribution in [0.4, 0.5) is 5.69 Å². The zero-order chi connectivity index (χ0) is 13.9. The molecule has 1 aromatic carbocycles. The monoisotopic (exact) mass is 434 g/mol. The molecule has 0 N–H and O–H groups in total. The van der Waals surface area contributed by atoms with Gasteiger partial charge in [0.05, 0.1) is 0 Å². The van der Waals surface area contributed by atoms with E-state index in [1.165, 1.54) is 13.1 Å². The van der Waals surface area contributed by atoms with Crippen LogP contribution in [0.15, 0.2) is 12.1 Å². The molecule has 3 rings (SSSR count). The molecule has 0 unspecified atom stereocenters. The van der Waals surface area contributed by atoms with Crippen molar-refractivity contribution in [3.8, 4) is 0 Å². The summed E-state index contributed by atoms with van der Waals surface area (Å²) in [5, 5.41) is 0. The molecular formula is C13H8N2O4Y2-2. The Balaban J connectivity index is 0.00000110. The van der Waals surface area contributed by atoms with E-state index in [1.807, 2.05) is 0 Å². The predicted octanol–water partition coefficient (Wildman–Crippen LogP) is -0.551. The first-order valence-electron chi connectivity index (χ1n) is 5.54. The maximum Gasteiger partial charge on any atom is 0.283 e. The molecule has 2 fully saturated rings. The van der Waals surface area contributed by atoms with Crippen LogP contribution >= 0.6 is 0 Å². The molecule has 21 heavy (non-hydrogen) atoms. The third-order valence-corrected chi connectivity index (χ3v) is 3.41. The fourth-order valence-electron chi connectivity index (χ4n) is 2.26. The minimum Gasteiger partial charge on any atom is -0.327 e. The van der Waals surface area contributed by atoms with Crippen molar-refractivity contribution < 1.29 is 84.6 Å². The molecule has 2 saturated heterocycles. The normalized spacial score (nSPS) is 18.8. The second-order valence-electron chi connectivity index (χ2n) is 4.51. The van der Waals surface area contributed by atoms with Gasteiger partial charge in [-0.1, -0.05) is 0 Å². The molecule has 0 atom stereocenters. The standard InChI is InChI=1S/C13H8N2O4.2Y/c1-7-3-5-8(6-4-7)15-11(18)13(12(15)19)9(16)14(2)10(13)17;;/h3,6H,1-2H3;;/q-2;;. The first kappa shape index (κ1) is 18.8. The van der Waals surface area contributed by atoms with Crippen molar-refractivity contribution in [3.05, 3.63) is 29.8 Å². The summed E-state index contributed by atoms with van der Waals surface area (Å²) in [5.41, 5.74) is -1.12. The Kier molecular flexibility index (Phi) is 5.42. The molecule has 0 aromatic heterocycles. The van der Waals surface area contributed by atoms with Crippen LogP contribution in [0, 0.1) is 24.5 Å². The second kappa shape index (κ2) is 6.07. The summed E-state index contributed by atoms with van der Waals surface area (Å²) in [6.45, 7) is 1.79. The molecule has 0 saturated carbocycles. The number of benzene rings is 1. The third kappa shape index (κ3) is 2.14. The van der Waals surface area contributed by atoms with E-state index in [9.17, 15) is 19.2 Å². The van der Waals surface area contributed by atoms with Gasteiger partial charge in [-0.15, -0.1) is 6.92 Å². The smallest absolute Gasteiger partial charge is 0.283 e. The summed E-state index contributed by atoms with van der Waals surface area (Å²) in [6.07, 6.45) is 0. The molecule has 0 aliphatic carbocycles. The zero-order valence-electron chi connectivity index (χ0n) is 11.3. The number of amides is 4. The Morgan fingerprint density at radius 3 is 1.86 bits per heavy atom. The number of carbonyl (C=O) groups excluding carboxylic acids is 4. The minimum absolute atomic E-state index is 0. The number of rotatable bonds is 1. The largest absolute Gasteiger partial charge is 0.327 e. The summed E-state index contributed by atoms with van der Waals surface area (Å²) in [6, 6.07) is 8.56. The number of hydrogen-bond donors (Lipinski definition) is 0. The summed E-state index contributed by atoms with van der Waals surface area (Å²) < 4.78 is 0. The molecular weight excluding hydrogens is 426 g/mol. The van der Waals surface area contributed by atoms with Gasteiger partial charge in [-0.05, 0) is 0 Å². The molecule has 102 valence electrons. The van der Waals surface area contributed by atoms with Crippen molar-refractivity contribution in [1.82, 2.24) is 4.90 Å². The number of hydrogen-bond acceptors (Lipinski definition) is 4. The van der Waals surface area contributed by atoms with E-state index in [1.54, 1.807) is 13.0 Å². The van der Waals surface area contributed by atoms with Gasteiger partial charge in [0.25, 0.3) is 29.0 Å². The zero-order valence-corrected chi connectivity index (χ0v) is 17.0. The molecule has 8 heteroatoms. The molecule has 2 aliphatic heterocycles. The fraction of sp³-hybridized carbons (Fsp3) is 0.231. The topological polar surface area (TPSA) is 74.8 Å². The number of nitrogens with zero attached hydrogens (tertiary/aromatic N) is 2. The van der Waals surface area contributed by atoms with E-state index in [2.05, 4.69) is 12.1 Å². The van der Waals surface area contributed by atoms with Gasteiger partial charge in [-0.3, -0.25) is 47.8 Å². The minimum atomic E-state index is -2.12. The average molecular weight is 434 g/mol. The molecule has 6 nitrogen and oxygen atoms in total. The molecule has 1 aromatic rings. The Morgan fingerprint density at radius 2 is 1.43 bits per heavy atom. The Hall–Kier alpha value is -0.292. The van der Waals surface area contributed by atoms with Gasteiger partial charge in [-0.2, -0.15) is 5.69 Å². The van der Waals surface area contributed by atoms with Crippen LogP contribution in [-0.2, 0) is 84.6 Å². The van der Waals surface area contributed by atoms with Crippen LogP contribution in [0.5, 0.6) is 0 Å². The van der Waals surface area contributed by atoms with Crippen molar-refractivity contribution in [2.24, 2.45) is 5.41 Å². The van der Waals surface area contributed by atoms with Crippen molar-refractivity contribution in [2.75, 3.05) is 11.9 Å². The fourth-order valence-corrected chi connectivity index (χ4v) is 2.26. The summed E-state index contributed by atoms with van der Waals surface area (Å²) in [5.74, 6) is -3.14. The van der Waals surface area contributed by atoms with Crippen molar-refractivity contribution >= 4 is 29.3 Å². The second-order valence-corrected chi connectivity index (χ2v) is 4.51. The van der Waals surface area contributed by atoms with Gasteiger partial charge in [0.15, 0.2) is 0 Å². The maximum absolute atomic E-state index is 12.0. The van der Waals surface area contributed by atoms with E-state index in [0.717, 1.165) is 15.4 Å². The average Bonchev–Trinajstić information content (AvgIpc) is 2.41. The Bertz CT molecular complexity index is 623. The summed E-state index contributed by atoms with van der Waals surface area (Å²) in [7, 11) is 1.24. The van der Waals surface area contributed by atoms with Crippen LogP contribution < -0.4 is 4.90 Å². The predicted molar refractivity (Wildman–Crippen MR) is 61.6 cm³/mol. The van der Waals surface area contributed by atoms with Gasteiger partial charge in [0, 0.05) is 72.5 Å². The number of anilines is 1. The van der Waals surface area contributed by atoms with Crippen LogP contribution in [0.3, 0.4) is 0 Å². The van der Waals surface area contributed by atoms with E-state index >= 15 is 0 Å². The number of imide groups is 2. The van der Waals surface area contributed by atoms with Crippen molar-refractivity contribution in [2.45, 2.75) is 6.92 Å². The van der Waals surface area contributed by atoms with Crippen molar-refractivity contribution in [1.29, 1.82) is 0 Å². The van der Waals surface area contributed by atoms with Gasteiger partial charge < -0.3 is 11.0 Å². The molecule has 2 radical (unpaired) electrons. The number of β-lactam (4-membered cyclic amide) rings is 4. The van der Waals surface area contributed by atoms with Crippen LogP contribution in [0.25, 0.3) is 0 Å². The van der Waals surface area contributed by atoms with E-state index in [0.29, 0.717) is 0 Å². The maximum atomic E-state index is 12.0. The quantitative estimate of drug-likeness (QED) is 0.338. The molecule has 1 spiro atoms. The molecule has 2 aliphatic rings. The van der Waals surface area contributed by atoms with Gasteiger partial charge >= 0.3 is 0 Å². The number of aryl methyl sites for hydroxylation is 1. The molecule has 0 bridgehead atoms. The molecule has 2 heterocycles. The number of carbonyl (C=O) groups is 4. The van der Waals surface area contributed by atoms with Crippen LogP contribution in [0.2, 0.25) is 0 Å². The molecule has 4 amide bonds. The van der Waals surface area contributed by atoms with Gasteiger partial charge in [-0.25, -0.2) is 0 Å². The number of likely N-dealkylation sites (tertiary alicyclic amines) is 1. The van der Waals surface area contributed by atoms with E-state index in [4.69, 9.17) is 0 Å². The Labute approximate surface area is 171 Å². The third-order valence-electron chi connectivity index (χ3n) is 3.41.